The van der Waals surface area contributed by atoms with E-state index in [0.29, 0.717) is 18.4 Å². The van der Waals surface area contributed by atoms with Crippen molar-refractivity contribution >= 4 is 29.7 Å². The highest BCUT2D eigenvalue weighted by atomic mass is 31.1. The van der Waals surface area contributed by atoms with Crippen molar-refractivity contribution in [3.8, 4) is 0 Å². The molecule has 0 saturated carbocycles. The van der Waals surface area contributed by atoms with Gasteiger partial charge in [-0.1, -0.05) is 98.8 Å². The van der Waals surface area contributed by atoms with E-state index in [9.17, 15) is 0 Å². The summed E-state index contributed by atoms with van der Waals surface area (Å²) in [5, 5.41) is 3.88. The third kappa shape index (κ3) is 4.68. The molecule has 0 radical (unpaired) electrons. The summed E-state index contributed by atoms with van der Waals surface area (Å²) >= 11 is 0. The standard InChI is InChI=1S/C29H32NO3P/c1-20(2)24-19-31-28(30-24)27-26(32-29(3,4)33-27)23-17-11-12-18-25(23)34(21-13-7-5-8-14-21)22-15-9-6-10-16-22/h5-18,20,24,26-27H,19H2,1-4H3/t24-,26-,27+/m1/s1. The Balaban J connectivity index is 1.60. The molecule has 5 heteroatoms. The van der Waals surface area contributed by atoms with Gasteiger partial charge in [0.15, 0.2) is 11.9 Å². The number of hydrogen-bond donors (Lipinski definition) is 0. The summed E-state index contributed by atoms with van der Waals surface area (Å²) in [5.41, 5.74) is 1.14. The van der Waals surface area contributed by atoms with E-state index in [1.165, 1.54) is 15.9 Å². The summed E-state index contributed by atoms with van der Waals surface area (Å²) in [6.07, 6.45) is -0.670. The van der Waals surface area contributed by atoms with E-state index in [-0.39, 0.29) is 18.2 Å². The summed E-state index contributed by atoms with van der Waals surface area (Å²) < 4.78 is 19.0. The zero-order chi connectivity index (χ0) is 23.7. The molecule has 34 heavy (non-hydrogen) atoms. The van der Waals surface area contributed by atoms with Crippen LogP contribution in [0.4, 0.5) is 0 Å². The summed E-state index contributed by atoms with van der Waals surface area (Å²) in [5.74, 6) is 0.349. The lowest BCUT2D eigenvalue weighted by molar-refractivity contribution is -0.143. The molecule has 0 aliphatic carbocycles. The van der Waals surface area contributed by atoms with Gasteiger partial charge in [-0.3, -0.25) is 0 Å². The van der Waals surface area contributed by atoms with Crippen LogP contribution in [0.2, 0.25) is 0 Å². The van der Waals surface area contributed by atoms with Gasteiger partial charge in [0.2, 0.25) is 5.90 Å². The third-order valence-corrected chi connectivity index (χ3v) is 8.84. The molecule has 0 aromatic heterocycles. The van der Waals surface area contributed by atoms with Crippen molar-refractivity contribution in [1.82, 2.24) is 0 Å². The molecular formula is C29H32NO3P. The second-order valence-electron chi connectivity index (χ2n) is 9.63. The lowest BCUT2D eigenvalue weighted by Crippen LogP contribution is -2.31. The average molecular weight is 474 g/mol. The number of aliphatic imine (C=N–C) groups is 1. The molecule has 0 bridgehead atoms. The van der Waals surface area contributed by atoms with Crippen molar-refractivity contribution < 1.29 is 14.2 Å². The number of rotatable bonds is 6. The summed E-state index contributed by atoms with van der Waals surface area (Å²) in [7, 11) is -0.780. The Labute approximate surface area is 203 Å². The van der Waals surface area contributed by atoms with Crippen molar-refractivity contribution in [2.75, 3.05) is 6.61 Å². The van der Waals surface area contributed by atoms with Crippen molar-refractivity contribution in [2.24, 2.45) is 10.9 Å². The van der Waals surface area contributed by atoms with Crippen LogP contribution in [0.15, 0.2) is 89.9 Å². The minimum absolute atomic E-state index is 0.156. The smallest absolute Gasteiger partial charge is 0.217 e. The largest absolute Gasteiger partial charge is 0.477 e. The molecule has 1 fully saturated rings. The Morgan fingerprint density at radius 3 is 1.94 bits per heavy atom. The Morgan fingerprint density at radius 2 is 1.35 bits per heavy atom. The second kappa shape index (κ2) is 9.62. The average Bonchev–Trinajstić information content (AvgIpc) is 3.46. The minimum atomic E-state index is -0.780. The predicted octanol–water partition coefficient (Wildman–Crippen LogP) is 5.09. The van der Waals surface area contributed by atoms with Gasteiger partial charge in [-0.2, -0.15) is 0 Å². The Bertz CT molecular complexity index is 1110. The summed E-state index contributed by atoms with van der Waals surface area (Å²) in [6, 6.07) is 30.3. The van der Waals surface area contributed by atoms with E-state index < -0.39 is 13.7 Å². The minimum Gasteiger partial charge on any atom is -0.477 e. The molecule has 0 amide bonds. The van der Waals surface area contributed by atoms with Crippen molar-refractivity contribution in [3.63, 3.8) is 0 Å². The molecule has 2 heterocycles. The maximum absolute atomic E-state index is 6.55. The normalized spacial score (nSPS) is 23.8. The molecule has 3 aromatic carbocycles. The van der Waals surface area contributed by atoms with Gasteiger partial charge in [0, 0.05) is 0 Å². The zero-order valence-corrected chi connectivity index (χ0v) is 21.1. The lowest BCUT2D eigenvalue weighted by Gasteiger charge is -2.26. The van der Waals surface area contributed by atoms with Gasteiger partial charge in [-0.25, -0.2) is 4.99 Å². The molecule has 0 N–H and O–H groups in total. The highest BCUT2D eigenvalue weighted by Crippen LogP contribution is 2.43. The molecule has 5 rings (SSSR count). The molecule has 1 saturated heterocycles. The molecule has 176 valence electrons. The fourth-order valence-electron chi connectivity index (χ4n) is 4.59. The third-order valence-electron chi connectivity index (χ3n) is 6.32. The van der Waals surface area contributed by atoms with Gasteiger partial charge in [-0.05, 0) is 49.2 Å². The topological polar surface area (TPSA) is 40.0 Å². The Kier molecular flexibility index (Phi) is 6.57. The molecule has 0 spiro atoms. The van der Waals surface area contributed by atoms with Crippen molar-refractivity contribution in [1.29, 1.82) is 0 Å². The quantitative estimate of drug-likeness (QED) is 0.468. The molecule has 2 aliphatic rings. The van der Waals surface area contributed by atoms with Gasteiger partial charge in [0.05, 0.1) is 6.04 Å². The monoisotopic (exact) mass is 473 g/mol. The highest BCUT2D eigenvalue weighted by Gasteiger charge is 2.48. The summed E-state index contributed by atoms with van der Waals surface area (Å²) in [6.45, 7) is 8.89. The van der Waals surface area contributed by atoms with Crippen LogP contribution in [0.5, 0.6) is 0 Å². The van der Waals surface area contributed by atoms with E-state index in [4.69, 9.17) is 19.2 Å². The molecule has 3 aromatic rings. The van der Waals surface area contributed by atoms with E-state index in [1.807, 2.05) is 13.8 Å². The first kappa shape index (κ1) is 23.2. The first-order valence-electron chi connectivity index (χ1n) is 12.0. The molecule has 2 aliphatic heterocycles. The van der Waals surface area contributed by atoms with Crippen LogP contribution in [0.3, 0.4) is 0 Å². The predicted molar refractivity (Wildman–Crippen MR) is 140 cm³/mol. The van der Waals surface area contributed by atoms with Crippen LogP contribution in [0.1, 0.15) is 39.4 Å². The van der Waals surface area contributed by atoms with Crippen LogP contribution in [0, 0.1) is 5.92 Å². The molecule has 3 atom stereocenters. The van der Waals surface area contributed by atoms with Gasteiger partial charge in [0.25, 0.3) is 0 Å². The number of benzene rings is 3. The maximum Gasteiger partial charge on any atom is 0.217 e. The van der Waals surface area contributed by atoms with E-state index in [2.05, 4.69) is 98.8 Å². The number of nitrogens with zero attached hydrogens (tertiary/aromatic N) is 1. The fourth-order valence-corrected chi connectivity index (χ4v) is 7.08. The van der Waals surface area contributed by atoms with Gasteiger partial charge >= 0.3 is 0 Å². The van der Waals surface area contributed by atoms with Crippen LogP contribution in [0.25, 0.3) is 0 Å². The highest BCUT2D eigenvalue weighted by molar-refractivity contribution is 7.79. The first-order valence-corrected chi connectivity index (χ1v) is 13.3. The SMILES string of the molecule is CC(C)[C@H]1COC([C@H]2OC(C)(C)O[C@@H]2c2ccccc2P(c2ccccc2)c2ccccc2)=N1. The van der Waals surface area contributed by atoms with Crippen LogP contribution < -0.4 is 15.9 Å². The van der Waals surface area contributed by atoms with Crippen LogP contribution in [-0.2, 0) is 14.2 Å². The van der Waals surface area contributed by atoms with Crippen LogP contribution >= 0.6 is 7.92 Å². The number of ether oxygens (including phenoxy) is 3. The second-order valence-corrected chi connectivity index (χ2v) is 11.8. The van der Waals surface area contributed by atoms with Gasteiger partial charge in [0.1, 0.15) is 12.7 Å². The summed E-state index contributed by atoms with van der Waals surface area (Å²) in [4.78, 5) is 4.90. The van der Waals surface area contributed by atoms with Crippen molar-refractivity contribution in [3.05, 3.63) is 90.5 Å². The maximum atomic E-state index is 6.55. The van der Waals surface area contributed by atoms with Crippen LogP contribution in [-0.4, -0.2) is 30.4 Å². The van der Waals surface area contributed by atoms with Gasteiger partial charge < -0.3 is 14.2 Å². The van der Waals surface area contributed by atoms with Gasteiger partial charge in [-0.15, -0.1) is 0 Å². The zero-order valence-electron chi connectivity index (χ0n) is 20.2. The Morgan fingerprint density at radius 1 is 0.794 bits per heavy atom. The van der Waals surface area contributed by atoms with Crippen molar-refractivity contribution in [2.45, 2.75) is 51.7 Å². The van der Waals surface area contributed by atoms with E-state index in [1.54, 1.807) is 0 Å². The van der Waals surface area contributed by atoms with E-state index in [0.717, 1.165) is 5.56 Å². The molecule has 4 nitrogen and oxygen atoms in total. The molecular weight excluding hydrogens is 441 g/mol. The fraction of sp³-hybridized carbons (Fsp3) is 0.345. The molecule has 0 unspecified atom stereocenters. The van der Waals surface area contributed by atoms with E-state index >= 15 is 0 Å². The first-order chi connectivity index (χ1) is 16.4. The lowest BCUT2D eigenvalue weighted by atomic mass is 10.0. The number of hydrogen-bond acceptors (Lipinski definition) is 4. The Hall–Kier alpha value is -2.52.